The number of amidine groups is 1. The van der Waals surface area contributed by atoms with Crippen molar-refractivity contribution in [3.8, 4) is 0 Å². The van der Waals surface area contributed by atoms with E-state index in [-0.39, 0.29) is 5.84 Å². The molecule has 10 heteroatoms. The largest absolute Gasteiger partial charge is 0.394 e. The van der Waals surface area contributed by atoms with Crippen molar-refractivity contribution in [3.05, 3.63) is 18.2 Å². The first-order valence-electron chi connectivity index (χ1n) is 7.09. The fourth-order valence-electron chi connectivity index (χ4n) is 3.11. The molecule has 2 aromatic heterocycles. The molecule has 2 aliphatic rings. The van der Waals surface area contributed by atoms with E-state index in [9.17, 15) is 15.3 Å². The van der Waals surface area contributed by atoms with Gasteiger partial charge in [0.25, 0.3) is 0 Å². The van der Waals surface area contributed by atoms with Gasteiger partial charge in [-0.15, -0.1) is 0 Å². The van der Waals surface area contributed by atoms with Crippen LogP contribution in [0.4, 0.5) is 5.82 Å². The number of rotatable bonds is 2. The summed E-state index contributed by atoms with van der Waals surface area (Å²) in [4.78, 5) is 8.41. The Labute approximate surface area is 130 Å². The molecule has 4 atom stereocenters. The first kappa shape index (κ1) is 14.3. The van der Waals surface area contributed by atoms with Crippen LogP contribution in [0.1, 0.15) is 11.9 Å². The topological polar surface area (TPSA) is 142 Å². The Morgan fingerprint density at radius 2 is 2.09 bits per heavy atom. The summed E-state index contributed by atoms with van der Waals surface area (Å²) < 4.78 is 7.15. The molecule has 0 spiro atoms. The van der Waals surface area contributed by atoms with Gasteiger partial charge in [-0.05, 0) is 0 Å². The molecule has 4 heterocycles. The van der Waals surface area contributed by atoms with E-state index in [0.29, 0.717) is 22.4 Å². The minimum Gasteiger partial charge on any atom is -0.394 e. The van der Waals surface area contributed by atoms with Gasteiger partial charge in [0, 0.05) is 13.2 Å². The Kier molecular flexibility index (Phi) is 3.03. The fraction of sp³-hybridized carbons (Fsp3) is 0.462. The van der Waals surface area contributed by atoms with Crippen LogP contribution in [0.3, 0.4) is 0 Å². The molecule has 2 aliphatic heterocycles. The smallest absolute Gasteiger partial charge is 0.168 e. The van der Waals surface area contributed by atoms with E-state index >= 15 is 0 Å². The molecule has 10 nitrogen and oxygen atoms in total. The number of hydrazone groups is 1. The number of ether oxygens (including phenoxy) is 1. The summed E-state index contributed by atoms with van der Waals surface area (Å²) in [5, 5.41) is 35.9. The lowest BCUT2D eigenvalue weighted by atomic mass is 10.1. The van der Waals surface area contributed by atoms with Gasteiger partial charge < -0.3 is 30.4 Å². The van der Waals surface area contributed by atoms with E-state index in [4.69, 9.17) is 10.5 Å². The number of anilines is 1. The molecular formula is C13H16N6O4. The molecule has 0 amide bonds. The monoisotopic (exact) mass is 320 g/mol. The van der Waals surface area contributed by atoms with E-state index in [1.54, 1.807) is 22.8 Å². The molecule has 2 aromatic rings. The van der Waals surface area contributed by atoms with Crippen LogP contribution in [0.15, 0.2) is 17.6 Å². The van der Waals surface area contributed by atoms with Gasteiger partial charge in [0.15, 0.2) is 17.9 Å². The number of aromatic nitrogens is 3. The van der Waals surface area contributed by atoms with Crippen molar-refractivity contribution in [1.29, 1.82) is 0 Å². The highest BCUT2D eigenvalue weighted by molar-refractivity contribution is 6.13. The molecule has 23 heavy (non-hydrogen) atoms. The van der Waals surface area contributed by atoms with Crippen molar-refractivity contribution < 1.29 is 20.1 Å². The summed E-state index contributed by atoms with van der Waals surface area (Å²) in [5.74, 6) is 0.812. The van der Waals surface area contributed by atoms with Gasteiger partial charge in [-0.1, -0.05) is 0 Å². The van der Waals surface area contributed by atoms with Crippen LogP contribution < -0.4 is 10.7 Å². The lowest BCUT2D eigenvalue weighted by molar-refractivity contribution is -0.0526. The molecule has 4 rings (SSSR count). The summed E-state index contributed by atoms with van der Waals surface area (Å²) in [6.07, 6.45) is -1.11. The SMILES string of the molecule is CN1N=C(N)c2c3c1ncnc3cn2[C@@H]1OC(CO)[C@@H](O)[C@H]1O. The molecule has 0 aliphatic carbocycles. The maximum atomic E-state index is 10.2. The summed E-state index contributed by atoms with van der Waals surface area (Å²) in [5.41, 5.74) is 7.17. The highest BCUT2D eigenvalue weighted by Gasteiger charge is 2.44. The second-order valence-electron chi connectivity index (χ2n) is 5.58. The zero-order valence-corrected chi connectivity index (χ0v) is 12.2. The molecule has 0 bridgehead atoms. The fourth-order valence-corrected chi connectivity index (χ4v) is 3.11. The van der Waals surface area contributed by atoms with Crippen molar-refractivity contribution in [3.63, 3.8) is 0 Å². The quantitative estimate of drug-likeness (QED) is 0.503. The number of nitrogens with two attached hydrogens (primary N) is 1. The molecule has 0 aromatic carbocycles. The lowest BCUT2D eigenvalue weighted by Crippen LogP contribution is -2.34. The predicted octanol–water partition coefficient (Wildman–Crippen LogP) is -1.89. The summed E-state index contributed by atoms with van der Waals surface area (Å²) in [7, 11) is 1.72. The third-order valence-electron chi connectivity index (χ3n) is 4.21. The molecule has 0 saturated carbocycles. The van der Waals surface area contributed by atoms with Crippen LogP contribution >= 0.6 is 0 Å². The van der Waals surface area contributed by atoms with E-state index in [2.05, 4.69) is 15.1 Å². The van der Waals surface area contributed by atoms with Crippen LogP contribution in [-0.2, 0) is 4.74 Å². The lowest BCUT2D eigenvalue weighted by Gasteiger charge is -2.23. The van der Waals surface area contributed by atoms with Crippen molar-refractivity contribution in [2.45, 2.75) is 24.5 Å². The third-order valence-corrected chi connectivity index (χ3v) is 4.21. The maximum Gasteiger partial charge on any atom is 0.168 e. The Morgan fingerprint density at radius 3 is 2.78 bits per heavy atom. The second-order valence-corrected chi connectivity index (χ2v) is 5.58. The minimum absolute atomic E-state index is 0.225. The Morgan fingerprint density at radius 1 is 1.30 bits per heavy atom. The summed E-state index contributed by atoms with van der Waals surface area (Å²) >= 11 is 0. The molecule has 0 radical (unpaired) electrons. The van der Waals surface area contributed by atoms with Gasteiger partial charge in [0.2, 0.25) is 0 Å². The average Bonchev–Trinajstić information content (AvgIpc) is 3.05. The number of aliphatic hydroxyl groups is 3. The first-order valence-corrected chi connectivity index (χ1v) is 7.09. The predicted molar refractivity (Wildman–Crippen MR) is 79.7 cm³/mol. The van der Waals surface area contributed by atoms with E-state index in [0.717, 1.165) is 0 Å². The number of hydrogen-bond acceptors (Lipinski definition) is 9. The molecule has 1 fully saturated rings. The highest BCUT2D eigenvalue weighted by Crippen LogP contribution is 2.37. The minimum atomic E-state index is -1.21. The van der Waals surface area contributed by atoms with Gasteiger partial charge in [-0.3, -0.25) is 0 Å². The zero-order chi connectivity index (χ0) is 16.3. The second kappa shape index (κ2) is 4.86. The van der Waals surface area contributed by atoms with Crippen molar-refractivity contribution >= 4 is 22.6 Å². The Balaban J connectivity index is 1.90. The Hall–Kier alpha value is -2.27. The van der Waals surface area contributed by atoms with Crippen molar-refractivity contribution in [2.75, 3.05) is 18.7 Å². The van der Waals surface area contributed by atoms with Crippen LogP contribution in [0, 0.1) is 0 Å². The molecular weight excluding hydrogens is 304 g/mol. The summed E-state index contributed by atoms with van der Waals surface area (Å²) in [6, 6.07) is 0. The van der Waals surface area contributed by atoms with Crippen LogP contribution in [0.25, 0.3) is 10.9 Å². The molecule has 5 N–H and O–H groups in total. The highest BCUT2D eigenvalue weighted by atomic mass is 16.6. The molecule has 1 saturated heterocycles. The van der Waals surface area contributed by atoms with Crippen LogP contribution in [0.2, 0.25) is 0 Å². The van der Waals surface area contributed by atoms with E-state index in [1.807, 2.05) is 0 Å². The molecule has 122 valence electrons. The van der Waals surface area contributed by atoms with Gasteiger partial charge in [0.05, 0.1) is 17.5 Å². The van der Waals surface area contributed by atoms with Gasteiger partial charge >= 0.3 is 0 Å². The average molecular weight is 320 g/mol. The summed E-state index contributed by atoms with van der Waals surface area (Å²) in [6.45, 7) is -0.401. The zero-order valence-electron chi connectivity index (χ0n) is 12.2. The number of hydrogen-bond donors (Lipinski definition) is 4. The standard InChI is InChI=1S/C13H16N6O4/c1-18-12-7-5(15-4-16-12)2-19(8(7)11(14)17-18)13-10(22)9(21)6(3-20)23-13/h2,4,6,9-10,13,20-22H,3H2,1H3,(H2,14,17)/t6?,9-,10-,13-/m1/s1. The van der Waals surface area contributed by atoms with Gasteiger partial charge in [-0.2, -0.15) is 5.10 Å². The molecule has 1 unspecified atom stereocenters. The maximum absolute atomic E-state index is 10.2. The van der Waals surface area contributed by atoms with Crippen LogP contribution in [-0.4, -0.2) is 67.7 Å². The van der Waals surface area contributed by atoms with Crippen molar-refractivity contribution in [2.24, 2.45) is 10.8 Å². The van der Waals surface area contributed by atoms with E-state index < -0.39 is 31.1 Å². The Bertz CT molecular complexity index is 805. The number of nitrogens with zero attached hydrogens (tertiary/aromatic N) is 5. The van der Waals surface area contributed by atoms with Gasteiger partial charge in [-0.25, -0.2) is 15.0 Å². The first-order chi connectivity index (χ1) is 11.0. The number of aliphatic hydroxyl groups excluding tert-OH is 3. The van der Waals surface area contributed by atoms with Gasteiger partial charge in [0.1, 0.15) is 30.3 Å². The normalized spacial score (nSPS) is 30.1. The van der Waals surface area contributed by atoms with Crippen LogP contribution in [0.5, 0.6) is 0 Å². The van der Waals surface area contributed by atoms with E-state index in [1.165, 1.54) is 6.33 Å². The third kappa shape index (κ3) is 1.86. The van der Waals surface area contributed by atoms with Crippen molar-refractivity contribution in [1.82, 2.24) is 14.5 Å².